The van der Waals surface area contributed by atoms with Crippen molar-refractivity contribution in [2.24, 2.45) is 13.0 Å². The molecule has 2 aromatic heterocycles. The monoisotopic (exact) mass is 740 g/mol. The van der Waals surface area contributed by atoms with Gasteiger partial charge in [0.15, 0.2) is 0 Å². The molecule has 2 aromatic carbocycles. The van der Waals surface area contributed by atoms with Crippen molar-refractivity contribution < 1.29 is 22.7 Å². The number of benzene rings is 2. The number of rotatable bonds is 8. The molecule has 0 spiro atoms. The quantitative estimate of drug-likeness (QED) is 0.218. The number of hydrogen-bond donors (Lipinski definition) is 1. The summed E-state index contributed by atoms with van der Waals surface area (Å²) < 4.78 is 37.7. The van der Waals surface area contributed by atoms with Crippen molar-refractivity contribution >= 4 is 44.4 Å². The van der Waals surface area contributed by atoms with Gasteiger partial charge in [0.25, 0.3) is 11.8 Å². The molecule has 0 bridgehead atoms. The number of carbonyl (C=O) groups is 2. The number of hydrogen-bond acceptors (Lipinski definition) is 7. The third kappa shape index (κ3) is 7.03. The number of fused-ring (bicyclic) bond motifs is 5. The van der Waals surface area contributed by atoms with E-state index < -0.39 is 15.9 Å². The molecule has 0 unspecified atom stereocenters. The van der Waals surface area contributed by atoms with E-state index in [4.69, 9.17) is 4.74 Å². The predicted molar refractivity (Wildman–Crippen MR) is 210 cm³/mol. The molecule has 1 N–H and O–H groups in total. The second-order valence-corrected chi connectivity index (χ2v) is 17.5. The van der Waals surface area contributed by atoms with E-state index in [0.29, 0.717) is 31.1 Å². The molecule has 2 fully saturated rings. The molecule has 7 rings (SSSR count). The number of methoxy groups -OCH3 is 1. The van der Waals surface area contributed by atoms with E-state index in [9.17, 15) is 18.0 Å². The topological polar surface area (TPSA) is 119 Å². The van der Waals surface area contributed by atoms with Crippen LogP contribution in [0.1, 0.15) is 103 Å². The molecule has 4 heterocycles. The Bertz CT molecular complexity index is 2200. The molecule has 11 nitrogen and oxygen atoms in total. The summed E-state index contributed by atoms with van der Waals surface area (Å²) in [6.45, 7) is 9.57. The molecule has 3 aliphatic rings. The number of amides is 2. The second kappa shape index (κ2) is 14.4. The fraction of sp³-hybridized carbons (Fsp3) is 0.488. The van der Waals surface area contributed by atoms with E-state index in [1.165, 1.54) is 12.0 Å². The Balaban J connectivity index is 1.41. The molecule has 2 aliphatic heterocycles. The lowest BCUT2D eigenvalue weighted by Gasteiger charge is -2.42. The van der Waals surface area contributed by atoms with E-state index in [-0.39, 0.29) is 35.2 Å². The van der Waals surface area contributed by atoms with Gasteiger partial charge >= 0.3 is 0 Å². The summed E-state index contributed by atoms with van der Waals surface area (Å²) in [5.41, 5.74) is 7.66. The summed E-state index contributed by atoms with van der Waals surface area (Å²) in [6.07, 6.45) is 9.47. The molecule has 1 saturated heterocycles. The molecule has 2 atom stereocenters. The van der Waals surface area contributed by atoms with Crippen molar-refractivity contribution in [1.29, 1.82) is 0 Å². The maximum Gasteiger partial charge on any atom is 0.264 e. The SMILES string of the molecule is COc1ccc2c(c1)C=C(c1c(C(=O)N3C[C@@H](C)N(C)[C@@H](C)C3)cnn1C)Cn1c-2c(C2CCCCC2)c2ccc(C(=O)NS(=O)(=O)CC(C)C)cc21. The van der Waals surface area contributed by atoms with Gasteiger partial charge in [-0.2, -0.15) is 5.10 Å². The first-order valence-electron chi connectivity index (χ1n) is 18.9. The molecule has 4 aromatic rings. The van der Waals surface area contributed by atoms with Gasteiger partial charge in [0, 0.05) is 54.3 Å². The van der Waals surface area contributed by atoms with Crippen molar-refractivity contribution in [1.82, 2.24) is 28.9 Å². The third-order valence-corrected chi connectivity index (χ3v) is 13.1. The van der Waals surface area contributed by atoms with Gasteiger partial charge in [0.05, 0.1) is 42.6 Å². The van der Waals surface area contributed by atoms with Gasteiger partial charge in [-0.3, -0.25) is 19.2 Å². The molecule has 12 heteroatoms. The number of sulfonamides is 1. The van der Waals surface area contributed by atoms with Crippen molar-refractivity contribution in [3.8, 4) is 17.0 Å². The van der Waals surface area contributed by atoms with Crippen LogP contribution in [-0.2, 0) is 23.6 Å². The van der Waals surface area contributed by atoms with Crippen LogP contribution in [0.3, 0.4) is 0 Å². The lowest BCUT2D eigenvalue weighted by Crippen LogP contribution is -2.56. The Morgan fingerprint density at radius 3 is 2.38 bits per heavy atom. The molecular formula is C41H52N6O5S. The van der Waals surface area contributed by atoms with Crippen LogP contribution < -0.4 is 9.46 Å². The lowest BCUT2D eigenvalue weighted by molar-refractivity contribution is 0.0414. The van der Waals surface area contributed by atoms with E-state index >= 15 is 0 Å². The Labute approximate surface area is 313 Å². The fourth-order valence-corrected chi connectivity index (χ4v) is 10.1. The largest absolute Gasteiger partial charge is 0.497 e. The van der Waals surface area contributed by atoms with Crippen LogP contribution in [0.4, 0.5) is 0 Å². The average Bonchev–Trinajstić information content (AvgIpc) is 3.60. The summed E-state index contributed by atoms with van der Waals surface area (Å²) in [5, 5.41) is 5.70. The average molecular weight is 741 g/mol. The first kappa shape index (κ1) is 36.9. The Hall–Kier alpha value is -4.42. The minimum atomic E-state index is -3.81. The highest BCUT2D eigenvalue weighted by atomic mass is 32.2. The number of ether oxygens (including phenoxy) is 1. The zero-order valence-electron chi connectivity index (χ0n) is 32.0. The number of aryl methyl sites for hydroxylation is 1. The molecule has 1 saturated carbocycles. The Morgan fingerprint density at radius 2 is 1.70 bits per heavy atom. The number of piperazine rings is 1. The highest BCUT2D eigenvalue weighted by Crippen LogP contribution is 2.48. The van der Waals surface area contributed by atoms with Gasteiger partial charge in [-0.25, -0.2) is 13.1 Å². The van der Waals surface area contributed by atoms with E-state index in [1.807, 2.05) is 50.1 Å². The van der Waals surface area contributed by atoms with Gasteiger partial charge in [0.2, 0.25) is 10.0 Å². The van der Waals surface area contributed by atoms with Gasteiger partial charge < -0.3 is 14.2 Å². The highest BCUT2D eigenvalue weighted by molar-refractivity contribution is 7.90. The molecule has 0 radical (unpaired) electrons. The van der Waals surface area contributed by atoms with Crippen molar-refractivity contribution in [3.63, 3.8) is 0 Å². The number of allylic oxidation sites excluding steroid dienone is 1. The minimum Gasteiger partial charge on any atom is -0.497 e. The van der Waals surface area contributed by atoms with Crippen molar-refractivity contribution in [2.75, 3.05) is 33.0 Å². The summed E-state index contributed by atoms with van der Waals surface area (Å²) in [4.78, 5) is 32.2. The first-order valence-corrected chi connectivity index (χ1v) is 20.5. The molecule has 2 amide bonds. The number of nitrogens with one attached hydrogen (secondary N) is 1. The van der Waals surface area contributed by atoms with Gasteiger partial charge in [-0.15, -0.1) is 0 Å². The van der Waals surface area contributed by atoms with E-state index in [2.05, 4.69) is 52.3 Å². The number of carbonyl (C=O) groups excluding carboxylic acids is 2. The van der Waals surface area contributed by atoms with Crippen LogP contribution in [0.5, 0.6) is 5.75 Å². The van der Waals surface area contributed by atoms with Gasteiger partial charge in [0.1, 0.15) is 5.75 Å². The maximum atomic E-state index is 14.4. The number of aromatic nitrogens is 3. The summed E-state index contributed by atoms with van der Waals surface area (Å²) >= 11 is 0. The van der Waals surface area contributed by atoms with Crippen molar-refractivity contribution in [2.45, 2.75) is 84.3 Å². The molecule has 282 valence electrons. The van der Waals surface area contributed by atoms with Crippen LogP contribution in [0, 0.1) is 5.92 Å². The lowest BCUT2D eigenvalue weighted by atomic mass is 9.81. The summed E-state index contributed by atoms with van der Waals surface area (Å²) in [5.74, 6) is 0.0916. The Kier molecular flexibility index (Phi) is 10.1. The van der Waals surface area contributed by atoms with Crippen LogP contribution in [0.15, 0.2) is 42.6 Å². The van der Waals surface area contributed by atoms with E-state index in [1.54, 1.807) is 24.1 Å². The highest BCUT2D eigenvalue weighted by Gasteiger charge is 2.34. The molecule has 1 aliphatic carbocycles. The summed E-state index contributed by atoms with van der Waals surface area (Å²) in [7, 11) is 1.83. The first-order chi connectivity index (χ1) is 25.3. The van der Waals surface area contributed by atoms with Crippen LogP contribution in [-0.4, -0.2) is 89.5 Å². The standard InChI is InChI=1S/C41H52N6O5S/c1-25(2)24-53(50,51)43-40(48)29-13-15-34-36(19-29)47-23-31(38-35(20-42-45(38)6)41(49)46-21-26(3)44(5)27(4)22-46)17-30-18-32(52-7)14-16-33(30)39(47)37(34)28-11-9-8-10-12-28/h13-20,25-28H,8-12,21-24H2,1-7H3,(H,43,48)/t26-,27+. The van der Waals surface area contributed by atoms with Crippen LogP contribution >= 0.6 is 0 Å². The Morgan fingerprint density at radius 1 is 0.981 bits per heavy atom. The van der Waals surface area contributed by atoms with Crippen LogP contribution in [0.25, 0.3) is 33.8 Å². The zero-order chi connectivity index (χ0) is 37.8. The maximum absolute atomic E-state index is 14.4. The second-order valence-electron chi connectivity index (χ2n) is 15.7. The van der Waals surface area contributed by atoms with E-state index in [0.717, 1.165) is 70.4 Å². The predicted octanol–water partition coefficient (Wildman–Crippen LogP) is 6.53. The number of likely N-dealkylation sites (N-methyl/N-ethyl adjacent to an activating group) is 1. The molecule has 53 heavy (non-hydrogen) atoms. The van der Waals surface area contributed by atoms with Gasteiger partial charge in [-0.1, -0.05) is 39.2 Å². The van der Waals surface area contributed by atoms with Crippen molar-refractivity contribution in [3.05, 3.63) is 70.5 Å². The van der Waals surface area contributed by atoms with Crippen LogP contribution in [0.2, 0.25) is 0 Å². The smallest absolute Gasteiger partial charge is 0.264 e. The normalized spacial score (nSPS) is 19.8. The van der Waals surface area contributed by atoms with Gasteiger partial charge in [-0.05, 0) is 98.7 Å². The minimum absolute atomic E-state index is 0.0436. The third-order valence-electron chi connectivity index (χ3n) is 11.5. The number of nitrogens with zero attached hydrogens (tertiary/aromatic N) is 5. The fourth-order valence-electron chi connectivity index (χ4n) is 8.72. The zero-order valence-corrected chi connectivity index (χ0v) is 32.8. The summed E-state index contributed by atoms with van der Waals surface area (Å²) in [6, 6.07) is 12.2. The molecular weight excluding hydrogens is 689 g/mol.